The summed E-state index contributed by atoms with van der Waals surface area (Å²) in [4.78, 5) is 21.1. The fourth-order valence-electron chi connectivity index (χ4n) is 3.41. The van der Waals surface area contributed by atoms with E-state index in [9.17, 15) is 4.79 Å². The van der Waals surface area contributed by atoms with Gasteiger partial charge in [-0.2, -0.15) is 0 Å². The van der Waals surface area contributed by atoms with Crippen molar-refractivity contribution in [2.24, 2.45) is 0 Å². The number of hydrogen-bond acceptors (Lipinski definition) is 7. The van der Waals surface area contributed by atoms with Gasteiger partial charge in [0.05, 0.1) is 18.7 Å². The van der Waals surface area contributed by atoms with Crippen LogP contribution in [0, 0.1) is 0 Å². The van der Waals surface area contributed by atoms with Gasteiger partial charge in [0, 0.05) is 0 Å². The van der Waals surface area contributed by atoms with E-state index in [0.717, 1.165) is 11.1 Å². The molecule has 4 aromatic rings. The molecule has 0 aliphatic heterocycles. The second kappa shape index (κ2) is 10.1. The summed E-state index contributed by atoms with van der Waals surface area (Å²) in [5.41, 5.74) is 14.5. The van der Waals surface area contributed by atoms with Crippen molar-refractivity contribution in [3.63, 3.8) is 0 Å². The molecule has 0 aliphatic rings. The summed E-state index contributed by atoms with van der Waals surface area (Å²) in [7, 11) is 1.51. The largest absolute Gasteiger partial charge is 0.496 e. The minimum Gasteiger partial charge on any atom is -0.496 e. The Hall–Kier alpha value is -4.59. The summed E-state index contributed by atoms with van der Waals surface area (Å²) >= 11 is 0. The molecule has 0 saturated heterocycles. The van der Waals surface area contributed by atoms with Crippen LogP contribution in [-0.2, 0) is 0 Å². The number of nitrogens with zero attached hydrogens (tertiary/aromatic N) is 2. The Balaban J connectivity index is 1.55. The maximum atomic E-state index is 12.6. The molecule has 0 saturated carbocycles. The third kappa shape index (κ3) is 5.01. The first-order chi connectivity index (χ1) is 16.2. The smallest absolute Gasteiger partial charge is 0.273 e. The van der Waals surface area contributed by atoms with Gasteiger partial charge in [-0.15, -0.1) is 0 Å². The van der Waals surface area contributed by atoms with Crippen LogP contribution in [0.5, 0.6) is 5.75 Å². The number of nitrogens with one attached hydrogen (secondary N) is 3. The standard InChI is InChI=1S/C25H24N6O2/c1-33-20-15-9-8-14-19(20)25(32)31-30-24-21(26)23(27-16-28-24)29-22(17-10-4-2-5-11-17)18-12-6-3-7-13-18/h2-16,22H,26H2,1H3,(H,31,32)(H2,27,28,29,30). The zero-order valence-corrected chi connectivity index (χ0v) is 18.0. The Bertz CT molecular complexity index is 1180. The lowest BCUT2D eigenvalue weighted by Gasteiger charge is -2.22. The third-order valence-corrected chi connectivity index (χ3v) is 5.08. The van der Waals surface area contributed by atoms with Crippen LogP contribution in [0.1, 0.15) is 27.5 Å². The van der Waals surface area contributed by atoms with Gasteiger partial charge in [0.15, 0.2) is 11.6 Å². The van der Waals surface area contributed by atoms with Crippen molar-refractivity contribution in [3.05, 3.63) is 108 Å². The molecule has 3 aromatic carbocycles. The number of rotatable bonds is 8. The fraction of sp³-hybridized carbons (Fsp3) is 0.0800. The number of aromatic nitrogens is 2. The Labute approximate surface area is 191 Å². The van der Waals surface area contributed by atoms with Gasteiger partial charge in [-0.25, -0.2) is 9.97 Å². The van der Waals surface area contributed by atoms with Crippen molar-refractivity contribution in [3.8, 4) is 5.75 Å². The summed E-state index contributed by atoms with van der Waals surface area (Å²) in [6, 6.07) is 26.8. The van der Waals surface area contributed by atoms with Gasteiger partial charge in [0.25, 0.3) is 5.91 Å². The van der Waals surface area contributed by atoms with Crippen LogP contribution in [0.4, 0.5) is 17.3 Å². The lowest BCUT2D eigenvalue weighted by atomic mass is 9.99. The molecule has 4 rings (SSSR count). The minimum atomic E-state index is -0.383. The number of nitrogen functional groups attached to an aromatic ring is 1. The molecule has 1 amide bonds. The molecule has 0 spiro atoms. The second-order valence-corrected chi connectivity index (χ2v) is 7.16. The van der Waals surface area contributed by atoms with Crippen molar-refractivity contribution in [1.29, 1.82) is 0 Å². The molecular weight excluding hydrogens is 416 g/mol. The van der Waals surface area contributed by atoms with E-state index < -0.39 is 0 Å². The average molecular weight is 441 g/mol. The number of para-hydroxylation sites is 1. The Morgan fingerprint density at radius 2 is 1.42 bits per heavy atom. The van der Waals surface area contributed by atoms with Crippen LogP contribution < -0.4 is 26.6 Å². The molecule has 8 nitrogen and oxygen atoms in total. The number of benzene rings is 3. The molecule has 1 heterocycles. The van der Waals surface area contributed by atoms with E-state index in [1.165, 1.54) is 13.4 Å². The van der Waals surface area contributed by atoms with Crippen molar-refractivity contribution in [2.75, 3.05) is 23.6 Å². The molecule has 8 heteroatoms. The highest BCUT2D eigenvalue weighted by Gasteiger charge is 2.18. The van der Waals surface area contributed by atoms with Gasteiger partial charge in [0.1, 0.15) is 17.8 Å². The molecule has 33 heavy (non-hydrogen) atoms. The van der Waals surface area contributed by atoms with Crippen LogP contribution in [0.25, 0.3) is 0 Å². The lowest BCUT2D eigenvalue weighted by molar-refractivity contribution is 0.0959. The molecule has 0 atom stereocenters. The van der Waals surface area contributed by atoms with Crippen LogP contribution >= 0.6 is 0 Å². The minimum absolute atomic E-state index is 0.180. The number of hydrazine groups is 1. The molecule has 1 aromatic heterocycles. The lowest BCUT2D eigenvalue weighted by Crippen LogP contribution is -2.30. The molecule has 0 radical (unpaired) electrons. The number of amides is 1. The summed E-state index contributed by atoms with van der Waals surface area (Å²) in [5, 5.41) is 3.41. The highest BCUT2D eigenvalue weighted by Crippen LogP contribution is 2.30. The quantitative estimate of drug-likeness (QED) is 0.306. The predicted octanol–water partition coefficient (Wildman–Crippen LogP) is 4.03. The topological polar surface area (TPSA) is 114 Å². The monoisotopic (exact) mass is 440 g/mol. The predicted molar refractivity (Wildman–Crippen MR) is 129 cm³/mol. The van der Waals surface area contributed by atoms with E-state index in [-0.39, 0.29) is 23.5 Å². The van der Waals surface area contributed by atoms with Crippen molar-refractivity contribution >= 4 is 23.2 Å². The van der Waals surface area contributed by atoms with Gasteiger partial charge >= 0.3 is 0 Å². The third-order valence-electron chi connectivity index (χ3n) is 5.08. The van der Waals surface area contributed by atoms with Crippen molar-refractivity contribution in [2.45, 2.75) is 6.04 Å². The van der Waals surface area contributed by atoms with E-state index in [1.807, 2.05) is 60.7 Å². The fourth-order valence-corrected chi connectivity index (χ4v) is 3.41. The van der Waals surface area contributed by atoms with Crippen LogP contribution in [0.15, 0.2) is 91.3 Å². The summed E-state index contributed by atoms with van der Waals surface area (Å²) in [6.45, 7) is 0. The highest BCUT2D eigenvalue weighted by atomic mass is 16.5. The zero-order chi connectivity index (χ0) is 23.0. The summed E-state index contributed by atoms with van der Waals surface area (Å²) < 4.78 is 5.24. The van der Waals surface area contributed by atoms with Gasteiger partial charge in [0.2, 0.25) is 0 Å². The molecule has 0 aliphatic carbocycles. The maximum absolute atomic E-state index is 12.6. The molecule has 0 bridgehead atoms. The Morgan fingerprint density at radius 1 is 0.848 bits per heavy atom. The SMILES string of the molecule is COc1ccccc1C(=O)NNc1ncnc(NC(c2ccccc2)c2ccccc2)c1N. The summed E-state index contributed by atoms with van der Waals surface area (Å²) in [5.74, 6) is 0.794. The van der Waals surface area contributed by atoms with Crippen LogP contribution in [0.2, 0.25) is 0 Å². The van der Waals surface area contributed by atoms with E-state index >= 15 is 0 Å². The molecule has 166 valence electrons. The number of nitrogens with two attached hydrogens (primary N) is 1. The van der Waals surface area contributed by atoms with E-state index in [4.69, 9.17) is 10.5 Å². The number of anilines is 3. The van der Waals surface area contributed by atoms with E-state index in [0.29, 0.717) is 17.1 Å². The molecule has 5 N–H and O–H groups in total. The first-order valence-corrected chi connectivity index (χ1v) is 10.3. The molecular formula is C25H24N6O2. The van der Waals surface area contributed by atoms with E-state index in [1.54, 1.807) is 24.3 Å². The van der Waals surface area contributed by atoms with Gasteiger partial charge < -0.3 is 15.8 Å². The number of methoxy groups -OCH3 is 1. The maximum Gasteiger partial charge on any atom is 0.273 e. The number of ether oxygens (including phenoxy) is 1. The number of hydrogen-bond donors (Lipinski definition) is 4. The zero-order valence-electron chi connectivity index (χ0n) is 18.0. The van der Waals surface area contributed by atoms with Gasteiger partial charge in [-0.05, 0) is 23.3 Å². The van der Waals surface area contributed by atoms with Crippen molar-refractivity contribution < 1.29 is 9.53 Å². The van der Waals surface area contributed by atoms with Gasteiger partial charge in [-0.1, -0.05) is 72.8 Å². The van der Waals surface area contributed by atoms with Crippen molar-refractivity contribution in [1.82, 2.24) is 15.4 Å². The second-order valence-electron chi connectivity index (χ2n) is 7.16. The number of carbonyl (C=O) groups is 1. The van der Waals surface area contributed by atoms with Crippen LogP contribution in [-0.4, -0.2) is 23.0 Å². The highest BCUT2D eigenvalue weighted by molar-refractivity contribution is 5.97. The Morgan fingerprint density at radius 3 is 2.06 bits per heavy atom. The first kappa shape index (κ1) is 21.6. The van der Waals surface area contributed by atoms with E-state index in [2.05, 4.69) is 26.1 Å². The number of carbonyl (C=O) groups excluding carboxylic acids is 1. The van der Waals surface area contributed by atoms with Gasteiger partial charge in [-0.3, -0.25) is 15.6 Å². The Kier molecular flexibility index (Phi) is 6.65. The first-order valence-electron chi connectivity index (χ1n) is 10.3. The molecule has 0 fully saturated rings. The molecule has 0 unspecified atom stereocenters. The average Bonchev–Trinajstić information content (AvgIpc) is 2.88. The summed E-state index contributed by atoms with van der Waals surface area (Å²) in [6.07, 6.45) is 1.38. The normalized spacial score (nSPS) is 10.5. The van der Waals surface area contributed by atoms with Crippen LogP contribution in [0.3, 0.4) is 0 Å².